The lowest BCUT2D eigenvalue weighted by Gasteiger charge is -2.16. The highest BCUT2D eigenvalue weighted by Crippen LogP contribution is 2.14. The van der Waals surface area contributed by atoms with Gasteiger partial charge in [0.15, 0.2) is 0 Å². The molecule has 0 spiro atoms. The zero-order valence-corrected chi connectivity index (χ0v) is 13.0. The Morgan fingerprint density at radius 3 is 3.09 bits per heavy atom. The maximum absolute atomic E-state index is 12.0. The molecular formula is C14H17N5O2S. The fourth-order valence-corrected chi connectivity index (χ4v) is 3.06. The molecular weight excluding hydrogens is 302 g/mol. The number of β-amino-alcohol motifs (C(OH)–C–C–N with tert-alkyl or cyclic N) is 1. The smallest absolute Gasteiger partial charge is 0.271 e. The lowest BCUT2D eigenvalue weighted by molar-refractivity contribution is 0.0884. The Morgan fingerprint density at radius 2 is 2.36 bits per heavy atom. The van der Waals surface area contributed by atoms with Crippen LogP contribution >= 0.6 is 11.3 Å². The van der Waals surface area contributed by atoms with Crippen LogP contribution in [0.1, 0.15) is 22.0 Å². The summed E-state index contributed by atoms with van der Waals surface area (Å²) in [5, 5.41) is 14.7. The summed E-state index contributed by atoms with van der Waals surface area (Å²) in [7, 11) is 0. The number of thiazole rings is 1. The molecule has 2 aromatic heterocycles. The Morgan fingerprint density at radius 1 is 1.50 bits per heavy atom. The van der Waals surface area contributed by atoms with Gasteiger partial charge in [-0.05, 0) is 13.0 Å². The van der Waals surface area contributed by atoms with E-state index in [1.54, 1.807) is 17.1 Å². The summed E-state index contributed by atoms with van der Waals surface area (Å²) in [4.78, 5) is 26.5. The average molecular weight is 319 g/mol. The molecule has 0 radical (unpaired) electrons. The molecule has 116 valence electrons. The number of aliphatic hydroxyl groups is 1. The second kappa shape index (κ2) is 6.47. The number of amides is 1. The molecule has 1 aliphatic heterocycles. The molecule has 0 bridgehead atoms. The maximum atomic E-state index is 12.0. The van der Waals surface area contributed by atoms with Crippen LogP contribution in [0.2, 0.25) is 0 Å². The minimum atomic E-state index is -0.592. The number of carbonyl (C=O) groups is 1. The van der Waals surface area contributed by atoms with E-state index in [0.717, 1.165) is 11.5 Å². The predicted molar refractivity (Wildman–Crippen MR) is 81.4 cm³/mol. The van der Waals surface area contributed by atoms with Gasteiger partial charge in [0.1, 0.15) is 11.5 Å². The van der Waals surface area contributed by atoms with Crippen molar-refractivity contribution in [1.29, 1.82) is 0 Å². The first-order valence-electron chi connectivity index (χ1n) is 7.00. The number of rotatable bonds is 4. The van der Waals surface area contributed by atoms with Crippen molar-refractivity contribution in [2.24, 2.45) is 0 Å². The quantitative estimate of drug-likeness (QED) is 0.837. The van der Waals surface area contributed by atoms with E-state index in [9.17, 15) is 9.90 Å². The molecule has 22 heavy (non-hydrogen) atoms. The predicted octanol–water partition coefficient (Wildman–Crippen LogP) is 0.217. The first-order valence-corrected chi connectivity index (χ1v) is 7.94. The Hall–Kier alpha value is -1.90. The standard InChI is InChI=1S/C14H17N5O2S/c1-9-15-3-2-10(17-9)4-19-5-11(13(20)6-19)18-14(21)12-7-22-8-16-12/h2-3,7-8,11,13,20H,4-6H2,1H3,(H,18,21)/t11-,13-/m1/s1. The van der Waals surface area contributed by atoms with Crippen LogP contribution in [0.4, 0.5) is 0 Å². The number of nitrogens with zero attached hydrogens (tertiary/aromatic N) is 4. The molecule has 2 N–H and O–H groups in total. The molecule has 2 aromatic rings. The van der Waals surface area contributed by atoms with Gasteiger partial charge in [0.05, 0.1) is 23.4 Å². The summed E-state index contributed by atoms with van der Waals surface area (Å²) < 4.78 is 0. The van der Waals surface area contributed by atoms with Gasteiger partial charge in [-0.3, -0.25) is 9.69 Å². The topological polar surface area (TPSA) is 91.2 Å². The summed E-state index contributed by atoms with van der Waals surface area (Å²) in [6.07, 6.45) is 1.14. The van der Waals surface area contributed by atoms with Crippen molar-refractivity contribution in [3.63, 3.8) is 0 Å². The normalized spacial score (nSPS) is 21.9. The lowest BCUT2D eigenvalue weighted by Crippen LogP contribution is -2.42. The minimum Gasteiger partial charge on any atom is -0.390 e. The van der Waals surface area contributed by atoms with E-state index >= 15 is 0 Å². The molecule has 2 atom stereocenters. The molecule has 1 amide bonds. The van der Waals surface area contributed by atoms with Gasteiger partial charge in [0.2, 0.25) is 0 Å². The van der Waals surface area contributed by atoms with Crippen LogP contribution in [0.5, 0.6) is 0 Å². The number of aliphatic hydroxyl groups excluding tert-OH is 1. The first-order chi connectivity index (χ1) is 10.6. The van der Waals surface area contributed by atoms with Crippen LogP contribution in [-0.4, -0.2) is 56.1 Å². The molecule has 0 aliphatic carbocycles. The minimum absolute atomic E-state index is 0.245. The number of aryl methyl sites for hydroxylation is 1. The van der Waals surface area contributed by atoms with Crippen LogP contribution in [0.15, 0.2) is 23.2 Å². The Kier molecular flexibility index (Phi) is 4.41. The molecule has 0 aromatic carbocycles. The van der Waals surface area contributed by atoms with Crippen LogP contribution in [-0.2, 0) is 6.54 Å². The summed E-state index contributed by atoms with van der Waals surface area (Å²) in [5.41, 5.74) is 2.91. The molecule has 1 fully saturated rings. The molecule has 3 rings (SSSR count). The van der Waals surface area contributed by atoms with Crippen molar-refractivity contribution in [2.75, 3.05) is 13.1 Å². The largest absolute Gasteiger partial charge is 0.390 e. The van der Waals surface area contributed by atoms with Crippen LogP contribution < -0.4 is 5.32 Å². The Labute approximate surface area is 132 Å². The highest BCUT2D eigenvalue weighted by molar-refractivity contribution is 7.07. The fourth-order valence-electron chi connectivity index (χ4n) is 2.53. The molecule has 1 saturated heterocycles. The highest BCUT2D eigenvalue weighted by Gasteiger charge is 2.32. The van der Waals surface area contributed by atoms with Crippen LogP contribution in [0.3, 0.4) is 0 Å². The number of hydrogen-bond acceptors (Lipinski definition) is 7. The van der Waals surface area contributed by atoms with Crippen molar-refractivity contribution in [2.45, 2.75) is 25.6 Å². The van der Waals surface area contributed by atoms with Gasteiger partial charge in [-0.15, -0.1) is 11.3 Å². The van der Waals surface area contributed by atoms with Gasteiger partial charge in [-0.1, -0.05) is 0 Å². The molecule has 7 nitrogen and oxygen atoms in total. The molecule has 0 unspecified atom stereocenters. The Balaban J connectivity index is 1.58. The zero-order chi connectivity index (χ0) is 15.5. The average Bonchev–Trinajstić information content (AvgIpc) is 3.10. The van der Waals surface area contributed by atoms with Gasteiger partial charge < -0.3 is 10.4 Å². The van der Waals surface area contributed by atoms with Gasteiger partial charge in [0.25, 0.3) is 5.91 Å². The number of aromatic nitrogens is 3. The van der Waals surface area contributed by atoms with Crippen molar-refractivity contribution in [3.8, 4) is 0 Å². The van der Waals surface area contributed by atoms with Gasteiger partial charge in [-0.2, -0.15) is 0 Å². The van der Waals surface area contributed by atoms with E-state index in [-0.39, 0.29) is 11.9 Å². The van der Waals surface area contributed by atoms with Gasteiger partial charge in [0, 0.05) is 31.2 Å². The molecule has 3 heterocycles. The third-order valence-corrected chi connectivity index (χ3v) is 4.15. The number of likely N-dealkylation sites (tertiary alicyclic amines) is 1. The summed E-state index contributed by atoms with van der Waals surface area (Å²) in [6.45, 7) is 3.56. The highest BCUT2D eigenvalue weighted by atomic mass is 32.1. The second-order valence-corrected chi connectivity index (χ2v) is 6.03. The van der Waals surface area contributed by atoms with E-state index in [1.807, 2.05) is 13.0 Å². The second-order valence-electron chi connectivity index (χ2n) is 5.31. The third-order valence-electron chi connectivity index (χ3n) is 3.57. The van der Waals surface area contributed by atoms with E-state index in [1.165, 1.54) is 11.3 Å². The third kappa shape index (κ3) is 3.46. The van der Waals surface area contributed by atoms with Crippen LogP contribution in [0, 0.1) is 6.92 Å². The molecule has 0 saturated carbocycles. The first kappa shape index (κ1) is 15.0. The van der Waals surface area contributed by atoms with Crippen molar-refractivity contribution in [1.82, 2.24) is 25.2 Å². The van der Waals surface area contributed by atoms with Gasteiger partial charge in [-0.25, -0.2) is 15.0 Å². The lowest BCUT2D eigenvalue weighted by atomic mass is 10.2. The fraction of sp³-hybridized carbons (Fsp3) is 0.429. The number of hydrogen-bond donors (Lipinski definition) is 2. The SMILES string of the molecule is Cc1nccc(CN2C[C@@H](O)[C@H](NC(=O)c3cscn3)C2)n1. The Bertz CT molecular complexity index is 648. The maximum Gasteiger partial charge on any atom is 0.271 e. The van der Waals surface area contributed by atoms with Crippen molar-refractivity contribution < 1.29 is 9.90 Å². The van der Waals surface area contributed by atoms with E-state index in [2.05, 4.69) is 25.2 Å². The van der Waals surface area contributed by atoms with Crippen molar-refractivity contribution >= 4 is 17.2 Å². The monoisotopic (exact) mass is 319 g/mol. The number of nitrogens with one attached hydrogen (secondary N) is 1. The summed E-state index contributed by atoms with van der Waals surface area (Å²) in [5.74, 6) is 0.482. The van der Waals surface area contributed by atoms with E-state index < -0.39 is 6.10 Å². The summed E-state index contributed by atoms with van der Waals surface area (Å²) >= 11 is 1.37. The number of carbonyl (C=O) groups excluding carboxylic acids is 1. The zero-order valence-electron chi connectivity index (χ0n) is 12.1. The van der Waals surface area contributed by atoms with Crippen LogP contribution in [0.25, 0.3) is 0 Å². The molecule has 1 aliphatic rings. The van der Waals surface area contributed by atoms with Crippen molar-refractivity contribution in [3.05, 3.63) is 40.4 Å². The summed E-state index contributed by atoms with van der Waals surface area (Å²) in [6, 6.07) is 1.57. The molecule has 8 heteroatoms. The van der Waals surface area contributed by atoms with Gasteiger partial charge >= 0.3 is 0 Å². The van der Waals surface area contributed by atoms with E-state index in [4.69, 9.17) is 0 Å². The van der Waals surface area contributed by atoms with E-state index in [0.29, 0.717) is 25.3 Å².